The van der Waals surface area contributed by atoms with Crippen molar-refractivity contribution in [2.45, 2.75) is 0 Å². The first-order chi connectivity index (χ1) is 22.2. The molecule has 0 aliphatic heterocycles. The van der Waals surface area contributed by atoms with Crippen LogP contribution in [0.3, 0.4) is 0 Å². The summed E-state index contributed by atoms with van der Waals surface area (Å²) in [4.78, 5) is 6.44. The van der Waals surface area contributed by atoms with Gasteiger partial charge in [0.1, 0.15) is 0 Å². The number of thiophene rings is 1. The summed E-state index contributed by atoms with van der Waals surface area (Å²) < 4.78 is 0. The summed E-state index contributed by atoms with van der Waals surface area (Å²) in [5, 5.41) is 0. The standard InChI is InChI=1S/C40H32N4S/c41-37-38(42)40(30-23-27-36(28-24-30)44(33-17-9-3-10-18-33)34-19-11-4-12-20-34)45-39(37)29-21-25-35(26-22-29)43(31-13-5-1-6-14-31)32-15-7-2-8-16-32/h1-28H,41-42H2. The Kier molecular flexibility index (Phi) is 7.75. The number of nitrogens with zero attached hydrogens (tertiary/aromatic N) is 2. The number of nitrogen functional groups attached to an aromatic ring is 2. The van der Waals surface area contributed by atoms with Crippen LogP contribution in [0.1, 0.15) is 0 Å². The fourth-order valence-electron chi connectivity index (χ4n) is 5.61. The third-order valence-corrected chi connectivity index (χ3v) is 9.14. The van der Waals surface area contributed by atoms with Crippen molar-refractivity contribution in [2.24, 2.45) is 0 Å². The summed E-state index contributed by atoms with van der Waals surface area (Å²) in [6.07, 6.45) is 0. The summed E-state index contributed by atoms with van der Waals surface area (Å²) in [6.45, 7) is 0. The van der Waals surface area contributed by atoms with Crippen molar-refractivity contribution in [3.8, 4) is 20.9 Å². The smallest absolute Gasteiger partial charge is 0.0744 e. The molecule has 0 saturated carbocycles. The van der Waals surface area contributed by atoms with Gasteiger partial charge in [-0.05, 0) is 83.9 Å². The van der Waals surface area contributed by atoms with E-state index in [9.17, 15) is 0 Å². The van der Waals surface area contributed by atoms with Gasteiger partial charge in [0, 0.05) is 34.1 Å². The Balaban J connectivity index is 1.20. The predicted molar refractivity (Wildman–Crippen MR) is 193 cm³/mol. The molecule has 7 rings (SSSR count). The first-order valence-corrected chi connectivity index (χ1v) is 15.7. The molecule has 4 N–H and O–H groups in total. The van der Waals surface area contributed by atoms with Crippen LogP contribution in [-0.2, 0) is 0 Å². The van der Waals surface area contributed by atoms with Crippen molar-refractivity contribution < 1.29 is 0 Å². The number of benzene rings is 6. The van der Waals surface area contributed by atoms with Crippen molar-refractivity contribution in [1.29, 1.82) is 0 Å². The molecule has 4 nitrogen and oxygen atoms in total. The molecular formula is C40H32N4S. The van der Waals surface area contributed by atoms with E-state index in [-0.39, 0.29) is 0 Å². The molecule has 45 heavy (non-hydrogen) atoms. The molecule has 0 bridgehead atoms. The summed E-state index contributed by atoms with van der Waals surface area (Å²) in [7, 11) is 0. The van der Waals surface area contributed by atoms with Gasteiger partial charge in [-0.15, -0.1) is 11.3 Å². The van der Waals surface area contributed by atoms with Crippen LogP contribution in [0.2, 0.25) is 0 Å². The zero-order chi connectivity index (χ0) is 30.6. The number of nitrogens with two attached hydrogens (primary N) is 2. The number of para-hydroxylation sites is 4. The molecule has 7 aromatic rings. The summed E-state index contributed by atoms with van der Waals surface area (Å²) >= 11 is 1.63. The lowest BCUT2D eigenvalue weighted by Crippen LogP contribution is -2.09. The van der Waals surface area contributed by atoms with E-state index in [4.69, 9.17) is 11.5 Å². The molecule has 0 aliphatic rings. The lowest BCUT2D eigenvalue weighted by molar-refractivity contribution is 1.28. The second-order valence-electron chi connectivity index (χ2n) is 10.7. The van der Waals surface area contributed by atoms with Crippen molar-refractivity contribution in [1.82, 2.24) is 0 Å². The second kappa shape index (κ2) is 12.4. The van der Waals surface area contributed by atoms with E-state index in [0.29, 0.717) is 11.4 Å². The molecular weight excluding hydrogens is 569 g/mol. The fraction of sp³-hybridized carbons (Fsp3) is 0. The van der Waals surface area contributed by atoms with E-state index in [1.165, 1.54) is 0 Å². The number of hydrogen-bond acceptors (Lipinski definition) is 5. The number of anilines is 8. The van der Waals surface area contributed by atoms with Crippen molar-refractivity contribution >= 4 is 56.8 Å². The summed E-state index contributed by atoms with van der Waals surface area (Å²) in [5.74, 6) is 0. The Labute approximate surface area is 268 Å². The van der Waals surface area contributed by atoms with E-state index in [0.717, 1.165) is 55.0 Å². The zero-order valence-electron chi connectivity index (χ0n) is 24.6. The normalized spacial score (nSPS) is 10.8. The molecule has 0 spiro atoms. The van der Waals surface area contributed by atoms with E-state index in [1.807, 2.05) is 24.3 Å². The number of hydrogen-bond donors (Lipinski definition) is 2. The van der Waals surface area contributed by atoms with Crippen LogP contribution in [0, 0.1) is 0 Å². The largest absolute Gasteiger partial charge is 0.396 e. The minimum atomic E-state index is 0.616. The first kappa shape index (κ1) is 28.0. The van der Waals surface area contributed by atoms with E-state index >= 15 is 0 Å². The molecule has 0 atom stereocenters. The van der Waals surface area contributed by atoms with Gasteiger partial charge >= 0.3 is 0 Å². The Hall–Kier alpha value is -5.78. The van der Waals surface area contributed by atoms with Crippen LogP contribution in [0.25, 0.3) is 20.9 Å². The van der Waals surface area contributed by atoms with E-state index in [1.54, 1.807) is 11.3 Å². The number of rotatable bonds is 8. The molecule has 1 aromatic heterocycles. The van der Waals surface area contributed by atoms with E-state index in [2.05, 4.69) is 155 Å². The quantitative estimate of drug-likeness (QED) is 0.182. The molecule has 0 fully saturated rings. The van der Waals surface area contributed by atoms with Gasteiger partial charge in [-0.25, -0.2) is 0 Å². The van der Waals surface area contributed by atoms with Crippen LogP contribution < -0.4 is 21.3 Å². The van der Waals surface area contributed by atoms with Crippen LogP contribution >= 0.6 is 11.3 Å². The first-order valence-electron chi connectivity index (χ1n) is 14.9. The fourth-order valence-corrected chi connectivity index (χ4v) is 6.76. The van der Waals surface area contributed by atoms with Gasteiger partial charge in [-0.1, -0.05) is 97.1 Å². The van der Waals surface area contributed by atoms with Crippen molar-refractivity contribution in [3.05, 3.63) is 170 Å². The third kappa shape index (κ3) is 5.65. The highest BCUT2D eigenvalue weighted by Gasteiger charge is 2.19. The zero-order valence-corrected chi connectivity index (χ0v) is 25.4. The van der Waals surface area contributed by atoms with Gasteiger partial charge in [-0.2, -0.15) is 0 Å². The molecule has 1 heterocycles. The SMILES string of the molecule is Nc1c(-c2ccc(N(c3ccccc3)c3ccccc3)cc2)sc(-c2ccc(N(c3ccccc3)c3ccccc3)cc2)c1N. The Morgan fingerprint density at radius 3 is 0.822 bits per heavy atom. The highest BCUT2D eigenvalue weighted by molar-refractivity contribution is 7.20. The Morgan fingerprint density at radius 2 is 0.556 bits per heavy atom. The van der Waals surface area contributed by atoms with Gasteiger partial charge in [0.05, 0.1) is 21.1 Å². The molecule has 5 heteroatoms. The van der Waals surface area contributed by atoms with Crippen LogP contribution in [0.4, 0.5) is 45.5 Å². The lowest BCUT2D eigenvalue weighted by Gasteiger charge is -2.25. The van der Waals surface area contributed by atoms with Gasteiger partial charge in [-0.3, -0.25) is 0 Å². The second-order valence-corrected chi connectivity index (χ2v) is 11.7. The summed E-state index contributed by atoms with van der Waals surface area (Å²) in [6, 6.07) is 58.6. The topological polar surface area (TPSA) is 58.5 Å². The molecule has 0 aliphatic carbocycles. The van der Waals surface area contributed by atoms with Gasteiger partial charge < -0.3 is 21.3 Å². The third-order valence-electron chi connectivity index (χ3n) is 7.82. The molecule has 0 saturated heterocycles. The maximum Gasteiger partial charge on any atom is 0.0744 e. The van der Waals surface area contributed by atoms with Crippen LogP contribution in [0.15, 0.2) is 170 Å². The predicted octanol–water partition coefficient (Wildman–Crippen LogP) is 11.2. The van der Waals surface area contributed by atoms with Crippen LogP contribution in [0.5, 0.6) is 0 Å². The average Bonchev–Trinajstić information content (AvgIpc) is 3.41. The van der Waals surface area contributed by atoms with Gasteiger partial charge in [0.2, 0.25) is 0 Å². The van der Waals surface area contributed by atoms with Crippen LogP contribution in [-0.4, -0.2) is 0 Å². The maximum atomic E-state index is 6.65. The Morgan fingerprint density at radius 1 is 0.311 bits per heavy atom. The van der Waals surface area contributed by atoms with Gasteiger partial charge in [0.15, 0.2) is 0 Å². The molecule has 0 amide bonds. The minimum Gasteiger partial charge on any atom is -0.396 e. The molecule has 218 valence electrons. The minimum absolute atomic E-state index is 0.616. The Bertz CT molecular complexity index is 1760. The maximum absolute atomic E-state index is 6.65. The van der Waals surface area contributed by atoms with Crippen molar-refractivity contribution in [3.63, 3.8) is 0 Å². The average molecular weight is 601 g/mol. The molecule has 6 aromatic carbocycles. The molecule has 0 radical (unpaired) electrons. The highest BCUT2D eigenvalue weighted by atomic mass is 32.1. The van der Waals surface area contributed by atoms with Gasteiger partial charge in [0.25, 0.3) is 0 Å². The van der Waals surface area contributed by atoms with E-state index < -0.39 is 0 Å². The highest BCUT2D eigenvalue weighted by Crippen LogP contribution is 2.47. The molecule has 0 unspecified atom stereocenters. The van der Waals surface area contributed by atoms with Crippen molar-refractivity contribution in [2.75, 3.05) is 21.3 Å². The summed E-state index contributed by atoms with van der Waals surface area (Å²) in [5.41, 5.74) is 23.1. The lowest BCUT2D eigenvalue weighted by atomic mass is 10.1. The monoisotopic (exact) mass is 600 g/mol.